The lowest BCUT2D eigenvalue weighted by Gasteiger charge is -2.12. The van der Waals surface area contributed by atoms with Gasteiger partial charge < -0.3 is 10.3 Å². The number of benzene rings is 1. The van der Waals surface area contributed by atoms with Crippen molar-refractivity contribution < 1.29 is 4.79 Å². The minimum atomic E-state index is -0.246. The van der Waals surface area contributed by atoms with Gasteiger partial charge in [-0.2, -0.15) is 0 Å². The standard InChI is InChI=1S/C14H13BrN2O2/c1-8-5-11(15)6-9(2)13(8)17-14(19)10-3-4-12(18)16-7-10/h3-7H,1-2H3,(H,16,18)(H,17,19). The van der Waals surface area contributed by atoms with Gasteiger partial charge in [0.25, 0.3) is 5.91 Å². The van der Waals surface area contributed by atoms with Gasteiger partial charge in [-0.1, -0.05) is 15.9 Å². The number of rotatable bonds is 2. The molecule has 0 fully saturated rings. The lowest BCUT2D eigenvalue weighted by molar-refractivity contribution is 0.102. The molecule has 1 aromatic carbocycles. The van der Waals surface area contributed by atoms with Crippen LogP contribution < -0.4 is 10.9 Å². The number of hydrogen-bond acceptors (Lipinski definition) is 2. The smallest absolute Gasteiger partial charge is 0.257 e. The van der Waals surface area contributed by atoms with Gasteiger partial charge in [0.05, 0.1) is 5.56 Å². The molecule has 0 bridgehead atoms. The number of carbonyl (C=O) groups excluding carboxylic acids is 1. The molecule has 2 N–H and O–H groups in total. The number of halogens is 1. The zero-order chi connectivity index (χ0) is 14.0. The number of H-pyrrole nitrogens is 1. The third-order valence-electron chi connectivity index (χ3n) is 2.78. The number of pyridine rings is 1. The molecule has 1 aromatic heterocycles. The maximum Gasteiger partial charge on any atom is 0.257 e. The van der Waals surface area contributed by atoms with E-state index >= 15 is 0 Å². The Labute approximate surface area is 119 Å². The predicted molar refractivity (Wildman–Crippen MR) is 78.6 cm³/mol. The summed E-state index contributed by atoms with van der Waals surface area (Å²) in [6.07, 6.45) is 1.40. The van der Waals surface area contributed by atoms with E-state index in [1.807, 2.05) is 26.0 Å². The molecule has 0 aliphatic rings. The third kappa shape index (κ3) is 3.12. The summed E-state index contributed by atoms with van der Waals surface area (Å²) < 4.78 is 0.976. The van der Waals surface area contributed by atoms with Crippen molar-refractivity contribution in [2.75, 3.05) is 5.32 Å². The van der Waals surface area contributed by atoms with Crippen LogP contribution in [0.3, 0.4) is 0 Å². The number of aromatic nitrogens is 1. The second-order valence-corrected chi connectivity index (χ2v) is 5.23. The molecule has 0 aliphatic carbocycles. The molecule has 0 unspecified atom stereocenters. The van der Waals surface area contributed by atoms with E-state index in [0.717, 1.165) is 21.3 Å². The Kier molecular flexibility index (Phi) is 3.85. The maximum absolute atomic E-state index is 12.1. The van der Waals surface area contributed by atoms with Crippen molar-refractivity contribution in [1.82, 2.24) is 4.98 Å². The van der Waals surface area contributed by atoms with Gasteiger partial charge in [0.15, 0.2) is 0 Å². The van der Waals surface area contributed by atoms with Crippen LogP contribution in [0.1, 0.15) is 21.5 Å². The van der Waals surface area contributed by atoms with Crippen LogP contribution in [0.5, 0.6) is 0 Å². The molecule has 0 aliphatic heterocycles. The van der Waals surface area contributed by atoms with Crippen molar-refractivity contribution in [3.8, 4) is 0 Å². The predicted octanol–water partition coefficient (Wildman–Crippen LogP) is 3.01. The zero-order valence-electron chi connectivity index (χ0n) is 10.6. The number of hydrogen-bond donors (Lipinski definition) is 2. The number of anilines is 1. The van der Waals surface area contributed by atoms with Gasteiger partial charge in [0.1, 0.15) is 0 Å². The molecular weight excluding hydrogens is 308 g/mol. The highest BCUT2D eigenvalue weighted by atomic mass is 79.9. The Morgan fingerprint density at radius 3 is 2.37 bits per heavy atom. The summed E-state index contributed by atoms with van der Waals surface area (Å²) in [4.78, 5) is 25.5. The van der Waals surface area contributed by atoms with Gasteiger partial charge in [-0.05, 0) is 43.2 Å². The molecule has 5 heteroatoms. The largest absolute Gasteiger partial charge is 0.328 e. The summed E-state index contributed by atoms with van der Waals surface area (Å²) in [7, 11) is 0. The molecule has 0 spiro atoms. The fourth-order valence-electron chi connectivity index (χ4n) is 1.85. The van der Waals surface area contributed by atoms with Crippen LogP contribution in [0.2, 0.25) is 0 Å². The Morgan fingerprint density at radius 1 is 1.21 bits per heavy atom. The van der Waals surface area contributed by atoms with Gasteiger partial charge in [0.2, 0.25) is 5.56 Å². The summed E-state index contributed by atoms with van der Waals surface area (Å²) in [5.41, 5.74) is 2.93. The second kappa shape index (κ2) is 5.40. The van der Waals surface area contributed by atoms with Crippen molar-refractivity contribution in [3.63, 3.8) is 0 Å². The molecule has 19 heavy (non-hydrogen) atoms. The Bertz CT molecular complexity index is 649. The molecule has 1 heterocycles. The Balaban J connectivity index is 2.29. The summed E-state index contributed by atoms with van der Waals surface area (Å²) in [6.45, 7) is 3.86. The Hall–Kier alpha value is -1.88. The SMILES string of the molecule is Cc1cc(Br)cc(C)c1NC(=O)c1ccc(=O)[nH]c1. The number of aromatic amines is 1. The molecule has 98 valence electrons. The molecule has 0 atom stereocenters. The normalized spacial score (nSPS) is 10.3. The van der Waals surface area contributed by atoms with Crippen LogP contribution in [0.25, 0.3) is 0 Å². The van der Waals surface area contributed by atoms with E-state index in [2.05, 4.69) is 26.2 Å². The number of nitrogens with one attached hydrogen (secondary N) is 2. The van der Waals surface area contributed by atoms with Crippen LogP contribution in [0, 0.1) is 13.8 Å². The number of carbonyl (C=O) groups is 1. The minimum absolute atomic E-state index is 0.229. The molecule has 4 nitrogen and oxygen atoms in total. The first kappa shape index (κ1) is 13.5. The quantitative estimate of drug-likeness (QED) is 0.893. The van der Waals surface area contributed by atoms with E-state index in [1.165, 1.54) is 18.3 Å². The topological polar surface area (TPSA) is 62.0 Å². The van der Waals surface area contributed by atoms with Crippen LogP contribution in [0.4, 0.5) is 5.69 Å². The van der Waals surface area contributed by atoms with Crippen molar-refractivity contribution in [3.05, 3.63) is 62.0 Å². The van der Waals surface area contributed by atoms with Gasteiger partial charge in [-0.3, -0.25) is 9.59 Å². The van der Waals surface area contributed by atoms with Crippen molar-refractivity contribution in [2.45, 2.75) is 13.8 Å². The second-order valence-electron chi connectivity index (χ2n) is 4.31. The molecule has 0 saturated heterocycles. The van der Waals surface area contributed by atoms with Crippen LogP contribution >= 0.6 is 15.9 Å². The van der Waals surface area contributed by atoms with Crippen LogP contribution in [0.15, 0.2) is 39.7 Å². The van der Waals surface area contributed by atoms with E-state index < -0.39 is 0 Å². The number of amides is 1. The lowest BCUT2D eigenvalue weighted by atomic mass is 10.1. The molecule has 2 rings (SSSR count). The molecule has 0 saturated carbocycles. The molecule has 2 aromatic rings. The van der Waals surface area contributed by atoms with Gasteiger partial charge in [-0.15, -0.1) is 0 Å². The summed E-state index contributed by atoms with van der Waals surface area (Å²) >= 11 is 3.41. The lowest BCUT2D eigenvalue weighted by Crippen LogP contribution is -2.16. The van der Waals surface area contributed by atoms with Crippen LogP contribution in [-0.4, -0.2) is 10.9 Å². The Morgan fingerprint density at radius 2 is 1.84 bits per heavy atom. The highest BCUT2D eigenvalue weighted by Gasteiger charge is 2.10. The van der Waals surface area contributed by atoms with E-state index in [-0.39, 0.29) is 11.5 Å². The first-order valence-electron chi connectivity index (χ1n) is 5.74. The fourth-order valence-corrected chi connectivity index (χ4v) is 2.53. The molecule has 0 radical (unpaired) electrons. The van der Waals surface area contributed by atoms with Crippen LogP contribution in [-0.2, 0) is 0 Å². The third-order valence-corrected chi connectivity index (χ3v) is 3.24. The molecule has 1 amide bonds. The van der Waals surface area contributed by atoms with Crippen molar-refractivity contribution in [2.24, 2.45) is 0 Å². The van der Waals surface area contributed by atoms with Gasteiger partial charge >= 0.3 is 0 Å². The highest BCUT2D eigenvalue weighted by molar-refractivity contribution is 9.10. The summed E-state index contributed by atoms with van der Waals surface area (Å²) in [6, 6.07) is 6.71. The number of aryl methyl sites for hydroxylation is 2. The minimum Gasteiger partial charge on any atom is -0.328 e. The van der Waals surface area contributed by atoms with E-state index in [9.17, 15) is 9.59 Å². The summed E-state index contributed by atoms with van der Waals surface area (Å²) in [5, 5.41) is 2.86. The molecular formula is C14H13BrN2O2. The highest BCUT2D eigenvalue weighted by Crippen LogP contribution is 2.25. The summed E-state index contributed by atoms with van der Waals surface area (Å²) in [5.74, 6) is -0.246. The van der Waals surface area contributed by atoms with Gasteiger partial charge in [0, 0.05) is 22.4 Å². The first-order valence-corrected chi connectivity index (χ1v) is 6.53. The van der Waals surface area contributed by atoms with E-state index in [0.29, 0.717) is 5.56 Å². The first-order chi connectivity index (χ1) is 8.97. The monoisotopic (exact) mass is 320 g/mol. The van der Waals surface area contributed by atoms with Crippen molar-refractivity contribution in [1.29, 1.82) is 0 Å². The van der Waals surface area contributed by atoms with E-state index in [4.69, 9.17) is 0 Å². The van der Waals surface area contributed by atoms with Gasteiger partial charge in [-0.25, -0.2) is 0 Å². The average molecular weight is 321 g/mol. The van der Waals surface area contributed by atoms with E-state index in [1.54, 1.807) is 0 Å². The zero-order valence-corrected chi connectivity index (χ0v) is 12.2. The van der Waals surface area contributed by atoms with Crippen molar-refractivity contribution >= 4 is 27.5 Å². The fraction of sp³-hybridized carbons (Fsp3) is 0.143. The average Bonchev–Trinajstić information content (AvgIpc) is 2.34. The maximum atomic E-state index is 12.1.